The van der Waals surface area contributed by atoms with Gasteiger partial charge in [-0.1, -0.05) is 13.8 Å². The van der Waals surface area contributed by atoms with Crippen molar-refractivity contribution < 1.29 is 29.7 Å². The van der Waals surface area contributed by atoms with Gasteiger partial charge in [-0.25, -0.2) is 0 Å². The third kappa shape index (κ3) is 12.4. The summed E-state index contributed by atoms with van der Waals surface area (Å²) in [4.78, 5) is 29.7. The molecular weight excluding hydrogens is 244 g/mol. The van der Waals surface area contributed by atoms with E-state index in [0.717, 1.165) is 0 Å². The molecule has 0 aromatic carbocycles. The van der Waals surface area contributed by atoms with E-state index in [4.69, 9.17) is 26.8 Å². The standard InChI is InChI=1S/C6H13NO2.C4H7NO4/c1-4(2)3-5(7)6(8)9;5-2(4(8)9)1-3(6)7/h4-5H,3,7H2,1-2H3,(H,8,9);2H,1,5H2,(H,6,7)(H,8,9)/t;2-/m.0/s1. The normalized spacial score (nSPS) is 13.2. The zero-order valence-corrected chi connectivity index (χ0v) is 10.4. The van der Waals surface area contributed by atoms with Gasteiger partial charge in [0.25, 0.3) is 0 Å². The van der Waals surface area contributed by atoms with E-state index < -0.39 is 36.4 Å². The summed E-state index contributed by atoms with van der Waals surface area (Å²) >= 11 is 0. The average molecular weight is 264 g/mol. The number of carboxylic acid groups (broad SMARTS) is 3. The molecule has 0 aliphatic rings. The van der Waals surface area contributed by atoms with Crippen LogP contribution in [0.5, 0.6) is 0 Å². The first kappa shape index (κ1) is 18.7. The summed E-state index contributed by atoms with van der Waals surface area (Å²) in [6.07, 6.45) is 0.0185. The van der Waals surface area contributed by atoms with Crippen molar-refractivity contribution in [2.75, 3.05) is 0 Å². The molecule has 0 saturated carbocycles. The molecule has 0 fully saturated rings. The van der Waals surface area contributed by atoms with Gasteiger partial charge in [0.15, 0.2) is 0 Å². The fourth-order valence-electron chi connectivity index (χ4n) is 0.884. The predicted octanol–water partition coefficient (Wildman–Crippen LogP) is -0.683. The lowest BCUT2D eigenvalue weighted by Gasteiger charge is -2.07. The van der Waals surface area contributed by atoms with Gasteiger partial charge in [-0.05, 0) is 12.3 Å². The SMILES string of the molecule is CC(C)CC(N)C(=O)O.N[C@@H](CC(=O)O)C(=O)O. The Kier molecular flexibility index (Phi) is 9.73. The van der Waals surface area contributed by atoms with Crippen molar-refractivity contribution in [2.45, 2.75) is 38.8 Å². The number of rotatable bonds is 6. The average Bonchev–Trinajstić information content (AvgIpc) is 2.16. The van der Waals surface area contributed by atoms with Gasteiger partial charge in [0.1, 0.15) is 12.1 Å². The summed E-state index contributed by atoms with van der Waals surface area (Å²) in [7, 11) is 0. The maximum absolute atomic E-state index is 10.1. The molecule has 0 heterocycles. The minimum absolute atomic E-state index is 0.357. The van der Waals surface area contributed by atoms with Crippen LogP contribution in [-0.4, -0.2) is 45.3 Å². The third-order valence-corrected chi connectivity index (χ3v) is 1.75. The van der Waals surface area contributed by atoms with Crippen molar-refractivity contribution in [3.05, 3.63) is 0 Å². The van der Waals surface area contributed by atoms with Crippen LogP contribution in [0.25, 0.3) is 0 Å². The molecule has 0 radical (unpaired) electrons. The minimum Gasteiger partial charge on any atom is -0.481 e. The molecule has 0 saturated heterocycles. The summed E-state index contributed by atoms with van der Waals surface area (Å²) in [6, 6.07) is -1.98. The van der Waals surface area contributed by atoms with Crippen LogP contribution in [0, 0.1) is 5.92 Å². The van der Waals surface area contributed by atoms with Crippen LogP contribution >= 0.6 is 0 Å². The van der Waals surface area contributed by atoms with E-state index >= 15 is 0 Å². The number of hydrogen-bond donors (Lipinski definition) is 5. The van der Waals surface area contributed by atoms with Crippen LogP contribution in [0.4, 0.5) is 0 Å². The third-order valence-electron chi connectivity index (χ3n) is 1.75. The molecule has 0 rings (SSSR count). The smallest absolute Gasteiger partial charge is 0.321 e. The summed E-state index contributed by atoms with van der Waals surface area (Å²) in [6.45, 7) is 3.89. The molecule has 2 atom stereocenters. The number of hydrogen-bond acceptors (Lipinski definition) is 5. The molecule has 0 amide bonds. The maximum Gasteiger partial charge on any atom is 0.321 e. The van der Waals surface area contributed by atoms with Crippen LogP contribution < -0.4 is 11.5 Å². The fourth-order valence-corrected chi connectivity index (χ4v) is 0.884. The van der Waals surface area contributed by atoms with Gasteiger partial charge in [-0.15, -0.1) is 0 Å². The highest BCUT2D eigenvalue weighted by molar-refractivity contribution is 5.80. The van der Waals surface area contributed by atoms with E-state index in [9.17, 15) is 14.4 Å². The van der Waals surface area contributed by atoms with E-state index in [0.29, 0.717) is 12.3 Å². The summed E-state index contributed by atoms with van der Waals surface area (Å²) in [5.74, 6) is -3.05. The predicted molar refractivity (Wildman–Crippen MR) is 62.9 cm³/mol. The number of carbonyl (C=O) groups is 3. The Morgan fingerprint density at radius 2 is 1.33 bits per heavy atom. The Labute approximate surface area is 105 Å². The monoisotopic (exact) mass is 264 g/mol. The van der Waals surface area contributed by atoms with Gasteiger partial charge >= 0.3 is 17.9 Å². The molecule has 0 aromatic heterocycles. The highest BCUT2D eigenvalue weighted by Gasteiger charge is 2.14. The second-order valence-corrected chi connectivity index (χ2v) is 4.12. The number of carboxylic acids is 3. The van der Waals surface area contributed by atoms with Crippen molar-refractivity contribution in [3.63, 3.8) is 0 Å². The van der Waals surface area contributed by atoms with Crippen molar-refractivity contribution in [2.24, 2.45) is 17.4 Å². The highest BCUT2D eigenvalue weighted by Crippen LogP contribution is 2.01. The fraction of sp³-hybridized carbons (Fsp3) is 0.700. The zero-order valence-electron chi connectivity index (χ0n) is 10.4. The second-order valence-electron chi connectivity index (χ2n) is 4.12. The minimum atomic E-state index is -1.29. The molecular formula is C10H20N2O6. The topological polar surface area (TPSA) is 164 Å². The Morgan fingerprint density at radius 3 is 1.44 bits per heavy atom. The van der Waals surface area contributed by atoms with Gasteiger partial charge in [-0.3, -0.25) is 14.4 Å². The molecule has 0 bridgehead atoms. The molecule has 0 aliphatic carbocycles. The summed E-state index contributed by atoms with van der Waals surface area (Å²) < 4.78 is 0. The first-order valence-electron chi connectivity index (χ1n) is 5.26. The Bertz CT molecular complexity index is 292. The Balaban J connectivity index is 0. The molecule has 0 aromatic rings. The van der Waals surface area contributed by atoms with Crippen molar-refractivity contribution in [3.8, 4) is 0 Å². The van der Waals surface area contributed by atoms with Crippen LogP contribution in [0.1, 0.15) is 26.7 Å². The van der Waals surface area contributed by atoms with Crippen molar-refractivity contribution in [1.29, 1.82) is 0 Å². The summed E-state index contributed by atoms with van der Waals surface area (Å²) in [5, 5.41) is 24.3. The van der Waals surface area contributed by atoms with Crippen molar-refractivity contribution >= 4 is 17.9 Å². The quantitative estimate of drug-likeness (QED) is 0.421. The first-order valence-corrected chi connectivity index (χ1v) is 5.26. The zero-order chi connectivity index (χ0) is 14.9. The largest absolute Gasteiger partial charge is 0.481 e. The molecule has 18 heavy (non-hydrogen) atoms. The van der Waals surface area contributed by atoms with Crippen LogP contribution in [0.3, 0.4) is 0 Å². The molecule has 7 N–H and O–H groups in total. The molecule has 1 unspecified atom stereocenters. The Hall–Kier alpha value is -1.67. The lowest BCUT2D eigenvalue weighted by molar-refractivity contribution is -0.144. The van der Waals surface area contributed by atoms with E-state index in [1.165, 1.54) is 0 Å². The molecule has 8 heteroatoms. The molecule has 106 valence electrons. The second kappa shape index (κ2) is 9.37. The molecule has 0 spiro atoms. The van der Waals surface area contributed by atoms with Crippen molar-refractivity contribution in [1.82, 2.24) is 0 Å². The Morgan fingerprint density at radius 1 is 0.944 bits per heavy atom. The molecule has 8 nitrogen and oxygen atoms in total. The first-order chi connectivity index (χ1) is 8.07. The van der Waals surface area contributed by atoms with Crippen LogP contribution in [-0.2, 0) is 14.4 Å². The number of nitrogens with two attached hydrogens (primary N) is 2. The van der Waals surface area contributed by atoms with Gasteiger partial charge in [0.2, 0.25) is 0 Å². The lowest BCUT2D eigenvalue weighted by atomic mass is 10.1. The van der Waals surface area contributed by atoms with Gasteiger partial charge < -0.3 is 26.8 Å². The lowest BCUT2D eigenvalue weighted by Crippen LogP contribution is -2.32. The van der Waals surface area contributed by atoms with E-state index in [2.05, 4.69) is 0 Å². The van der Waals surface area contributed by atoms with E-state index in [-0.39, 0.29) is 0 Å². The van der Waals surface area contributed by atoms with E-state index in [1.807, 2.05) is 13.8 Å². The summed E-state index contributed by atoms with van der Waals surface area (Å²) in [5.41, 5.74) is 10.1. The highest BCUT2D eigenvalue weighted by atomic mass is 16.4. The molecule has 0 aliphatic heterocycles. The maximum atomic E-state index is 10.1. The van der Waals surface area contributed by atoms with Crippen LogP contribution in [0.2, 0.25) is 0 Å². The van der Waals surface area contributed by atoms with Crippen LogP contribution in [0.15, 0.2) is 0 Å². The van der Waals surface area contributed by atoms with E-state index in [1.54, 1.807) is 0 Å². The van der Waals surface area contributed by atoms with Gasteiger partial charge in [0, 0.05) is 0 Å². The van der Waals surface area contributed by atoms with Gasteiger partial charge in [0.05, 0.1) is 6.42 Å². The van der Waals surface area contributed by atoms with Gasteiger partial charge in [-0.2, -0.15) is 0 Å². The number of aliphatic carboxylic acids is 3.